The van der Waals surface area contributed by atoms with E-state index in [1.54, 1.807) is 0 Å². The third-order valence-electron chi connectivity index (χ3n) is 6.09. The predicted molar refractivity (Wildman–Crippen MR) is 135 cm³/mol. The molecule has 0 fully saturated rings. The van der Waals surface area contributed by atoms with Gasteiger partial charge in [-0.3, -0.25) is 19.2 Å². The highest BCUT2D eigenvalue weighted by molar-refractivity contribution is 5.92. The van der Waals surface area contributed by atoms with E-state index < -0.39 is 35.8 Å². The SMILES string of the molecule is CC[C@H](C)[C@H](NC(=O)CNC(=O)[C@@H](N)Cc1c[nH]c2ccccc12)C(=O)N[C@H]([C]=O)CCCCN. The lowest BCUT2D eigenvalue weighted by Gasteiger charge is -2.25. The summed E-state index contributed by atoms with van der Waals surface area (Å²) in [7, 11) is 0. The van der Waals surface area contributed by atoms with Gasteiger partial charge in [0, 0.05) is 17.1 Å². The van der Waals surface area contributed by atoms with Gasteiger partial charge in [-0.1, -0.05) is 38.5 Å². The summed E-state index contributed by atoms with van der Waals surface area (Å²) >= 11 is 0. The second-order valence-electron chi connectivity index (χ2n) is 8.78. The van der Waals surface area contributed by atoms with Gasteiger partial charge in [0.05, 0.1) is 18.6 Å². The molecule has 0 spiro atoms. The van der Waals surface area contributed by atoms with Crippen LogP contribution < -0.4 is 27.4 Å². The van der Waals surface area contributed by atoms with Gasteiger partial charge in [-0.05, 0) is 49.8 Å². The second kappa shape index (κ2) is 14.2. The molecule has 10 nitrogen and oxygen atoms in total. The number of fused-ring (bicyclic) bond motifs is 1. The van der Waals surface area contributed by atoms with Gasteiger partial charge in [-0.2, -0.15) is 0 Å². The van der Waals surface area contributed by atoms with Gasteiger partial charge >= 0.3 is 0 Å². The minimum Gasteiger partial charge on any atom is -0.361 e. The first kappa shape index (κ1) is 28.0. The Hall–Kier alpha value is -3.24. The summed E-state index contributed by atoms with van der Waals surface area (Å²) in [4.78, 5) is 52.1. The Labute approximate surface area is 206 Å². The fourth-order valence-electron chi connectivity index (χ4n) is 3.77. The Morgan fingerprint density at radius 1 is 1.11 bits per heavy atom. The summed E-state index contributed by atoms with van der Waals surface area (Å²) in [6.45, 7) is 3.91. The van der Waals surface area contributed by atoms with E-state index in [4.69, 9.17) is 11.5 Å². The molecular weight excluding hydrogens is 448 g/mol. The highest BCUT2D eigenvalue weighted by atomic mass is 16.2. The van der Waals surface area contributed by atoms with Crippen molar-refractivity contribution < 1.29 is 19.2 Å². The topological polar surface area (TPSA) is 172 Å². The summed E-state index contributed by atoms with van der Waals surface area (Å²) in [6.07, 6.45) is 6.43. The molecule has 2 aromatic rings. The van der Waals surface area contributed by atoms with Crippen LogP contribution in [0.2, 0.25) is 0 Å². The molecule has 3 amide bonds. The van der Waals surface area contributed by atoms with Crippen molar-refractivity contribution in [3.05, 3.63) is 36.0 Å². The number of hydrogen-bond acceptors (Lipinski definition) is 6. The third kappa shape index (κ3) is 8.48. The van der Waals surface area contributed by atoms with E-state index in [1.165, 1.54) is 0 Å². The molecule has 1 aromatic heterocycles. The van der Waals surface area contributed by atoms with Crippen LogP contribution in [-0.2, 0) is 25.6 Å². The molecule has 1 heterocycles. The maximum absolute atomic E-state index is 12.8. The molecule has 191 valence electrons. The first-order chi connectivity index (χ1) is 16.8. The van der Waals surface area contributed by atoms with Crippen LogP contribution >= 0.6 is 0 Å². The normalized spacial score (nSPS) is 14.5. The average Bonchev–Trinajstić information content (AvgIpc) is 3.27. The molecule has 0 bridgehead atoms. The van der Waals surface area contributed by atoms with Gasteiger partial charge in [0.1, 0.15) is 6.04 Å². The summed E-state index contributed by atoms with van der Waals surface area (Å²) in [5.74, 6) is -1.63. The van der Waals surface area contributed by atoms with Crippen molar-refractivity contribution >= 4 is 34.9 Å². The molecule has 4 atom stereocenters. The Bertz CT molecular complexity index is 991. The number of amides is 3. The van der Waals surface area contributed by atoms with Gasteiger partial charge in [0.2, 0.25) is 24.0 Å². The van der Waals surface area contributed by atoms with Crippen LogP contribution in [0.15, 0.2) is 30.5 Å². The molecule has 10 heteroatoms. The number of carbonyl (C=O) groups excluding carboxylic acids is 4. The number of benzene rings is 1. The van der Waals surface area contributed by atoms with Crippen molar-refractivity contribution in [2.75, 3.05) is 13.1 Å². The van der Waals surface area contributed by atoms with Crippen LogP contribution in [0.3, 0.4) is 0 Å². The smallest absolute Gasteiger partial charge is 0.243 e. The lowest BCUT2D eigenvalue weighted by atomic mass is 9.97. The van der Waals surface area contributed by atoms with E-state index in [1.807, 2.05) is 50.6 Å². The van der Waals surface area contributed by atoms with Gasteiger partial charge in [0.15, 0.2) is 0 Å². The number of aromatic amines is 1. The molecule has 0 aliphatic heterocycles. The molecule has 1 aromatic carbocycles. The van der Waals surface area contributed by atoms with Crippen LogP contribution in [0, 0.1) is 5.92 Å². The van der Waals surface area contributed by atoms with Crippen molar-refractivity contribution in [2.45, 2.75) is 64.1 Å². The summed E-state index contributed by atoms with van der Waals surface area (Å²) < 4.78 is 0. The lowest BCUT2D eigenvalue weighted by molar-refractivity contribution is -0.131. The van der Waals surface area contributed by atoms with Crippen LogP contribution in [0.5, 0.6) is 0 Å². The number of nitrogens with one attached hydrogen (secondary N) is 4. The van der Waals surface area contributed by atoms with E-state index in [9.17, 15) is 19.2 Å². The molecule has 0 saturated heterocycles. The summed E-state index contributed by atoms with van der Waals surface area (Å²) in [5, 5.41) is 8.84. The van der Waals surface area contributed by atoms with E-state index in [2.05, 4.69) is 20.9 Å². The van der Waals surface area contributed by atoms with E-state index in [0.29, 0.717) is 32.2 Å². The van der Waals surface area contributed by atoms with Crippen LogP contribution in [0.4, 0.5) is 0 Å². The molecular formula is C25H37N6O4. The van der Waals surface area contributed by atoms with Crippen molar-refractivity contribution in [1.29, 1.82) is 0 Å². The van der Waals surface area contributed by atoms with E-state index in [0.717, 1.165) is 22.9 Å². The maximum atomic E-state index is 12.8. The van der Waals surface area contributed by atoms with Gasteiger partial charge in [0.25, 0.3) is 0 Å². The number of rotatable bonds is 15. The van der Waals surface area contributed by atoms with Gasteiger partial charge in [-0.25, -0.2) is 0 Å². The molecule has 0 aliphatic carbocycles. The van der Waals surface area contributed by atoms with Crippen LogP contribution in [-0.4, -0.2) is 60.2 Å². The fourth-order valence-corrected chi connectivity index (χ4v) is 3.77. The minimum absolute atomic E-state index is 0.185. The monoisotopic (exact) mass is 485 g/mol. The molecule has 0 unspecified atom stereocenters. The largest absolute Gasteiger partial charge is 0.361 e. The average molecular weight is 486 g/mol. The molecule has 2 rings (SSSR count). The number of nitrogens with two attached hydrogens (primary N) is 2. The Morgan fingerprint density at radius 2 is 1.86 bits per heavy atom. The zero-order valence-electron chi connectivity index (χ0n) is 20.4. The predicted octanol–water partition coefficient (Wildman–Crippen LogP) is 0.408. The van der Waals surface area contributed by atoms with Crippen molar-refractivity contribution in [2.24, 2.45) is 17.4 Å². The maximum Gasteiger partial charge on any atom is 0.243 e. The standard InChI is InChI=1S/C25H37N6O4/c1-3-16(2)23(25(35)30-18(15-32)8-6-7-11-26)31-22(33)14-29-24(34)20(27)12-17-13-28-21-10-5-4-9-19(17)21/h4-5,9-10,13,16,18,20,23,28H,3,6-8,11-12,14,26-27H2,1-2H3,(H,29,34)(H,30,35)(H,31,33)/t16-,18-,20-,23-/m0/s1. The molecule has 8 N–H and O–H groups in total. The van der Waals surface area contributed by atoms with Gasteiger partial charge < -0.3 is 32.4 Å². The minimum atomic E-state index is -0.852. The summed E-state index contributed by atoms with van der Waals surface area (Å²) in [5.41, 5.74) is 13.4. The molecule has 0 aliphatic rings. The van der Waals surface area contributed by atoms with Crippen LogP contribution in [0.25, 0.3) is 10.9 Å². The Morgan fingerprint density at radius 3 is 2.54 bits per heavy atom. The molecule has 0 saturated carbocycles. The van der Waals surface area contributed by atoms with Gasteiger partial charge in [-0.15, -0.1) is 0 Å². The highest BCUT2D eigenvalue weighted by Crippen LogP contribution is 2.18. The first-order valence-electron chi connectivity index (χ1n) is 12.1. The number of H-pyrrole nitrogens is 1. The zero-order chi connectivity index (χ0) is 25.8. The number of unbranched alkanes of at least 4 members (excludes halogenated alkanes) is 1. The number of hydrogen-bond donors (Lipinski definition) is 6. The van der Waals surface area contributed by atoms with Crippen molar-refractivity contribution in [1.82, 2.24) is 20.9 Å². The second-order valence-corrected chi connectivity index (χ2v) is 8.78. The Balaban J connectivity index is 1.88. The van der Waals surface area contributed by atoms with E-state index in [-0.39, 0.29) is 12.5 Å². The highest BCUT2D eigenvalue weighted by Gasteiger charge is 2.28. The third-order valence-corrected chi connectivity index (χ3v) is 6.09. The number of aromatic nitrogens is 1. The molecule has 35 heavy (non-hydrogen) atoms. The summed E-state index contributed by atoms with van der Waals surface area (Å²) in [6, 6.07) is 5.26. The lowest BCUT2D eigenvalue weighted by Crippen LogP contribution is -2.55. The van der Waals surface area contributed by atoms with Crippen molar-refractivity contribution in [3.63, 3.8) is 0 Å². The zero-order valence-corrected chi connectivity index (χ0v) is 20.4. The molecule has 1 radical (unpaired) electrons. The Kier molecular flexibility index (Phi) is 11.4. The first-order valence-corrected chi connectivity index (χ1v) is 12.1. The number of carbonyl (C=O) groups is 3. The van der Waals surface area contributed by atoms with Crippen LogP contribution in [0.1, 0.15) is 45.1 Å². The van der Waals surface area contributed by atoms with E-state index >= 15 is 0 Å². The van der Waals surface area contributed by atoms with Crippen molar-refractivity contribution in [3.8, 4) is 0 Å². The quantitative estimate of drug-likeness (QED) is 0.199. The fraction of sp³-hybridized carbons (Fsp3) is 0.520. The number of para-hydroxylation sites is 1.